The molecule has 2 aliphatic heterocycles. The maximum Gasteiger partial charge on any atom is 0.270 e. The number of hydrogen-bond donors (Lipinski definition) is 2. The zero-order valence-electron chi connectivity index (χ0n) is 24.8. The third-order valence-corrected chi connectivity index (χ3v) is 8.07. The van der Waals surface area contributed by atoms with Gasteiger partial charge in [-0.05, 0) is 63.6 Å². The number of benzene rings is 1. The fraction of sp³-hybridized carbons (Fsp3) is 0.700. The number of rotatable bonds is 12. The van der Waals surface area contributed by atoms with E-state index >= 15 is 0 Å². The number of ether oxygens (including phenoxy) is 3. The highest BCUT2D eigenvalue weighted by atomic mass is 16.5. The van der Waals surface area contributed by atoms with E-state index < -0.39 is 5.60 Å². The normalized spacial score (nSPS) is 22.9. The van der Waals surface area contributed by atoms with Gasteiger partial charge in [-0.1, -0.05) is 13.8 Å². The van der Waals surface area contributed by atoms with Crippen molar-refractivity contribution < 1.29 is 28.6 Å². The third-order valence-electron chi connectivity index (χ3n) is 8.07. The van der Waals surface area contributed by atoms with E-state index in [0.29, 0.717) is 57.1 Å². The largest absolute Gasteiger partial charge is 0.476 e. The highest BCUT2D eigenvalue weighted by molar-refractivity contribution is 6.04. The van der Waals surface area contributed by atoms with Crippen molar-refractivity contribution in [2.45, 2.75) is 71.1 Å². The molecule has 4 rings (SSSR count). The average molecular weight is 559 g/mol. The molecule has 222 valence electrons. The van der Waals surface area contributed by atoms with Gasteiger partial charge in [0.05, 0.1) is 30.2 Å². The molecular formula is C30H46N4O6. The third kappa shape index (κ3) is 6.78. The highest BCUT2D eigenvalue weighted by Crippen LogP contribution is 2.43. The van der Waals surface area contributed by atoms with Crippen LogP contribution in [0.5, 0.6) is 5.75 Å². The van der Waals surface area contributed by atoms with Crippen LogP contribution in [0.25, 0.3) is 0 Å². The number of anilines is 2. The Morgan fingerprint density at radius 3 is 2.55 bits per heavy atom. The first-order chi connectivity index (χ1) is 19.1. The second kappa shape index (κ2) is 12.9. The molecule has 1 aromatic carbocycles. The summed E-state index contributed by atoms with van der Waals surface area (Å²) in [4.78, 5) is 44.1. The van der Waals surface area contributed by atoms with Gasteiger partial charge in [-0.15, -0.1) is 0 Å². The van der Waals surface area contributed by atoms with Crippen molar-refractivity contribution in [3.05, 3.63) is 18.2 Å². The smallest absolute Gasteiger partial charge is 0.270 e. The van der Waals surface area contributed by atoms with E-state index in [-0.39, 0.29) is 47.6 Å². The first-order valence-corrected chi connectivity index (χ1v) is 14.5. The fourth-order valence-corrected chi connectivity index (χ4v) is 5.55. The van der Waals surface area contributed by atoms with Crippen LogP contribution in [0, 0.1) is 17.8 Å². The lowest BCUT2D eigenvalue weighted by Crippen LogP contribution is -2.53. The van der Waals surface area contributed by atoms with Crippen LogP contribution in [0.1, 0.15) is 53.4 Å². The predicted molar refractivity (Wildman–Crippen MR) is 154 cm³/mol. The van der Waals surface area contributed by atoms with Crippen LogP contribution < -0.4 is 25.2 Å². The van der Waals surface area contributed by atoms with E-state index in [0.717, 1.165) is 18.5 Å². The van der Waals surface area contributed by atoms with Crippen molar-refractivity contribution in [3.63, 3.8) is 0 Å². The van der Waals surface area contributed by atoms with Crippen molar-refractivity contribution >= 4 is 29.1 Å². The Morgan fingerprint density at radius 2 is 1.90 bits per heavy atom. The molecule has 0 radical (unpaired) electrons. The maximum absolute atomic E-state index is 14.0. The van der Waals surface area contributed by atoms with Gasteiger partial charge in [-0.3, -0.25) is 14.4 Å². The molecule has 10 nitrogen and oxygen atoms in total. The number of carbonyl (C=O) groups excluding carboxylic acids is 3. The molecule has 40 heavy (non-hydrogen) atoms. The van der Waals surface area contributed by atoms with Crippen LogP contribution in [-0.2, 0) is 23.9 Å². The molecule has 1 aromatic rings. The molecule has 2 heterocycles. The molecule has 0 spiro atoms. The van der Waals surface area contributed by atoms with Crippen LogP contribution in [-0.4, -0.2) is 82.5 Å². The molecular weight excluding hydrogens is 512 g/mol. The summed E-state index contributed by atoms with van der Waals surface area (Å²) in [6.07, 6.45) is 3.04. The van der Waals surface area contributed by atoms with E-state index in [9.17, 15) is 14.4 Å². The van der Waals surface area contributed by atoms with Gasteiger partial charge in [0.25, 0.3) is 5.91 Å². The summed E-state index contributed by atoms with van der Waals surface area (Å²) in [5.74, 6) is 0.0988. The monoisotopic (exact) mass is 558 g/mol. The van der Waals surface area contributed by atoms with Gasteiger partial charge < -0.3 is 34.6 Å². The molecule has 0 aromatic heterocycles. The van der Waals surface area contributed by atoms with Crippen molar-refractivity contribution in [2.24, 2.45) is 17.8 Å². The van der Waals surface area contributed by atoms with Gasteiger partial charge in [0.1, 0.15) is 5.75 Å². The molecule has 3 atom stereocenters. The summed E-state index contributed by atoms with van der Waals surface area (Å²) >= 11 is 0. The molecule has 3 amide bonds. The summed E-state index contributed by atoms with van der Waals surface area (Å²) in [5, 5.41) is 6.45. The number of nitrogens with one attached hydrogen (secondary N) is 2. The second-order valence-corrected chi connectivity index (χ2v) is 12.1. The van der Waals surface area contributed by atoms with Crippen LogP contribution in [0.4, 0.5) is 11.4 Å². The SMILES string of the molecule is COCCCN1C(=O)C(C)(C)Oc2ccc(N(C(=O)[C@H]3CNC[C@@H](C(=O)N[C@H](COC)C(C)C)C3)C3CC3)cc21. The van der Waals surface area contributed by atoms with Crippen molar-refractivity contribution in [1.29, 1.82) is 0 Å². The van der Waals surface area contributed by atoms with E-state index in [1.165, 1.54) is 0 Å². The van der Waals surface area contributed by atoms with E-state index in [2.05, 4.69) is 24.5 Å². The molecule has 1 saturated carbocycles. The van der Waals surface area contributed by atoms with Crippen LogP contribution in [0.2, 0.25) is 0 Å². The first kappa shape index (κ1) is 30.3. The van der Waals surface area contributed by atoms with E-state index in [1.807, 2.05) is 23.1 Å². The number of carbonyl (C=O) groups is 3. The van der Waals surface area contributed by atoms with Gasteiger partial charge in [-0.2, -0.15) is 0 Å². The second-order valence-electron chi connectivity index (χ2n) is 12.1. The zero-order chi connectivity index (χ0) is 29.0. The predicted octanol–water partition coefficient (Wildman–Crippen LogP) is 2.74. The first-order valence-electron chi connectivity index (χ1n) is 14.5. The summed E-state index contributed by atoms with van der Waals surface area (Å²) in [6.45, 7) is 10.2. The molecule has 0 bridgehead atoms. The number of amides is 3. The number of nitrogens with zero attached hydrogens (tertiary/aromatic N) is 2. The lowest BCUT2D eigenvalue weighted by molar-refractivity contribution is -0.132. The number of methoxy groups -OCH3 is 2. The van der Waals surface area contributed by atoms with Crippen molar-refractivity contribution in [2.75, 3.05) is 56.9 Å². The summed E-state index contributed by atoms with van der Waals surface area (Å²) < 4.78 is 16.6. The minimum absolute atomic E-state index is 0.0130. The van der Waals surface area contributed by atoms with E-state index in [1.54, 1.807) is 33.0 Å². The lowest BCUT2D eigenvalue weighted by atomic mass is 9.88. The number of piperidine rings is 1. The maximum atomic E-state index is 14.0. The molecule has 10 heteroatoms. The van der Waals surface area contributed by atoms with Crippen LogP contribution in [0.3, 0.4) is 0 Å². The van der Waals surface area contributed by atoms with Gasteiger partial charge >= 0.3 is 0 Å². The summed E-state index contributed by atoms with van der Waals surface area (Å²) in [6, 6.07) is 5.72. The number of hydrogen-bond acceptors (Lipinski definition) is 7. The minimum Gasteiger partial charge on any atom is -0.476 e. The lowest BCUT2D eigenvalue weighted by Gasteiger charge is -2.40. The van der Waals surface area contributed by atoms with Gasteiger partial charge in [-0.25, -0.2) is 0 Å². The molecule has 2 N–H and O–H groups in total. The molecule has 1 aliphatic carbocycles. The molecule has 2 fully saturated rings. The van der Waals surface area contributed by atoms with Gasteiger partial charge in [0.15, 0.2) is 5.60 Å². The average Bonchev–Trinajstić information content (AvgIpc) is 3.76. The Kier molecular flexibility index (Phi) is 9.74. The zero-order valence-corrected chi connectivity index (χ0v) is 24.8. The van der Waals surface area contributed by atoms with Gasteiger partial charge in [0.2, 0.25) is 11.8 Å². The Bertz CT molecular complexity index is 1070. The quantitative estimate of drug-likeness (QED) is 0.380. The molecule has 1 saturated heterocycles. The minimum atomic E-state index is -0.977. The highest BCUT2D eigenvalue weighted by Gasteiger charge is 2.43. The fourth-order valence-electron chi connectivity index (χ4n) is 5.55. The standard InChI is InChI=1S/C30H46N4O6/c1-19(2)24(18-39-6)32-27(35)20-14-21(17-31-16-20)28(36)34(22-8-9-22)23-10-11-26-25(15-23)33(12-7-13-38-5)29(37)30(3,4)40-26/h10-11,15,19-22,24,31H,7-9,12-14,16-18H2,1-6H3,(H,32,35)/t20-,21+,24+/m0/s1. The van der Waals surface area contributed by atoms with Crippen LogP contribution in [0.15, 0.2) is 18.2 Å². The summed E-state index contributed by atoms with van der Waals surface area (Å²) in [5.41, 5.74) is 0.452. The topological polar surface area (TPSA) is 109 Å². The molecule has 3 aliphatic rings. The van der Waals surface area contributed by atoms with Crippen LogP contribution >= 0.6 is 0 Å². The Morgan fingerprint density at radius 1 is 1.18 bits per heavy atom. The van der Waals surface area contributed by atoms with E-state index in [4.69, 9.17) is 14.2 Å². The van der Waals surface area contributed by atoms with Crippen molar-refractivity contribution in [1.82, 2.24) is 10.6 Å². The number of fused-ring (bicyclic) bond motifs is 1. The Labute approximate surface area is 238 Å². The van der Waals surface area contributed by atoms with Gasteiger partial charge in [0, 0.05) is 52.2 Å². The summed E-state index contributed by atoms with van der Waals surface area (Å²) in [7, 11) is 3.28. The molecule has 0 unspecified atom stereocenters. The Hall–Kier alpha value is -2.69. The Balaban J connectivity index is 1.53. The van der Waals surface area contributed by atoms with Crippen molar-refractivity contribution in [3.8, 4) is 5.75 Å².